The molecule has 0 unspecified atom stereocenters. The van der Waals surface area contributed by atoms with Gasteiger partial charge in [0.05, 0.1) is 19.3 Å². The van der Waals surface area contributed by atoms with E-state index < -0.39 is 37.3 Å². The van der Waals surface area contributed by atoms with Crippen molar-refractivity contribution in [2.45, 2.75) is 30.6 Å². The van der Waals surface area contributed by atoms with Crippen molar-refractivity contribution in [2.24, 2.45) is 11.5 Å². The molecule has 1 aliphatic heterocycles. The van der Waals surface area contributed by atoms with Gasteiger partial charge in [-0.25, -0.2) is 0 Å². The van der Waals surface area contributed by atoms with Gasteiger partial charge in [-0.05, 0) is 0 Å². The summed E-state index contributed by atoms with van der Waals surface area (Å²) in [7, 11) is 0. The van der Waals surface area contributed by atoms with Crippen molar-refractivity contribution in [3.8, 4) is 0 Å². The highest BCUT2D eigenvalue weighted by Gasteiger charge is 2.42. The Balaban J connectivity index is 0.00000225. The highest BCUT2D eigenvalue weighted by atomic mass is 35.5. The molecular weight excluding hydrogens is 240 g/mol. The molecule has 7 N–H and O–H groups in total. The van der Waals surface area contributed by atoms with E-state index >= 15 is 0 Å². The summed E-state index contributed by atoms with van der Waals surface area (Å²) in [6.07, 6.45) is -4.13. The Morgan fingerprint density at radius 2 is 1.88 bits per heavy atom. The molecular formula is C8H19ClN2O5. The highest BCUT2D eigenvalue weighted by molar-refractivity contribution is 5.85. The number of halogens is 1. The van der Waals surface area contributed by atoms with Crippen molar-refractivity contribution in [1.82, 2.24) is 0 Å². The van der Waals surface area contributed by atoms with Gasteiger partial charge in [-0.2, -0.15) is 0 Å². The van der Waals surface area contributed by atoms with Crippen LogP contribution >= 0.6 is 12.4 Å². The molecule has 0 aromatic heterocycles. The average molecular weight is 259 g/mol. The fourth-order valence-corrected chi connectivity index (χ4v) is 1.44. The van der Waals surface area contributed by atoms with Crippen molar-refractivity contribution in [3.63, 3.8) is 0 Å². The van der Waals surface area contributed by atoms with Crippen LogP contribution in [0.15, 0.2) is 0 Å². The number of aliphatic hydroxyl groups is 3. The first-order valence-electron chi connectivity index (χ1n) is 4.81. The third-order valence-corrected chi connectivity index (χ3v) is 2.33. The SMILES string of the molecule is Cl.NCCO[C@@H]1O[C@H](CO)[C@@H](O)[C@H](O)[C@H]1N. The summed E-state index contributed by atoms with van der Waals surface area (Å²) >= 11 is 0. The molecule has 0 aromatic carbocycles. The first-order valence-corrected chi connectivity index (χ1v) is 4.81. The second-order valence-corrected chi connectivity index (χ2v) is 3.44. The van der Waals surface area contributed by atoms with E-state index in [1.165, 1.54) is 0 Å². The maximum Gasteiger partial charge on any atom is 0.175 e. The zero-order valence-electron chi connectivity index (χ0n) is 8.73. The molecule has 0 radical (unpaired) electrons. The van der Waals surface area contributed by atoms with E-state index in [1.54, 1.807) is 0 Å². The molecule has 1 aliphatic rings. The summed E-state index contributed by atoms with van der Waals surface area (Å²) < 4.78 is 10.3. The Morgan fingerprint density at radius 1 is 1.25 bits per heavy atom. The first-order chi connectivity index (χ1) is 7.11. The molecule has 0 bridgehead atoms. The van der Waals surface area contributed by atoms with Gasteiger partial charge >= 0.3 is 0 Å². The lowest BCUT2D eigenvalue weighted by atomic mass is 9.98. The van der Waals surface area contributed by atoms with Crippen LogP contribution in [0.3, 0.4) is 0 Å². The predicted octanol–water partition coefficient (Wildman–Crippen LogP) is -2.85. The lowest BCUT2D eigenvalue weighted by Gasteiger charge is -2.40. The summed E-state index contributed by atoms with van der Waals surface area (Å²) in [5, 5.41) is 27.9. The molecule has 1 rings (SSSR count). The van der Waals surface area contributed by atoms with Crippen LogP contribution in [-0.4, -0.2) is 65.7 Å². The van der Waals surface area contributed by atoms with E-state index in [0.717, 1.165) is 0 Å². The molecule has 1 heterocycles. The average Bonchev–Trinajstić information content (AvgIpc) is 2.25. The number of rotatable bonds is 4. The third kappa shape index (κ3) is 3.51. The minimum atomic E-state index is -1.21. The van der Waals surface area contributed by atoms with Crippen molar-refractivity contribution in [1.29, 1.82) is 0 Å². The first kappa shape index (κ1) is 16.0. The van der Waals surface area contributed by atoms with Crippen LogP contribution in [-0.2, 0) is 9.47 Å². The standard InChI is InChI=1S/C8H18N2O5.ClH/c9-1-2-14-8-5(10)7(13)6(12)4(3-11)15-8;/h4-8,11-13H,1-3,9-10H2;1H/t4-,5-,6-,7-,8-;/m1./s1. The Labute approximate surface area is 99.7 Å². The molecule has 0 aliphatic carbocycles. The summed E-state index contributed by atoms with van der Waals surface area (Å²) in [6.45, 7) is 0.127. The van der Waals surface area contributed by atoms with Gasteiger partial charge in [0, 0.05) is 6.54 Å². The fraction of sp³-hybridized carbons (Fsp3) is 1.00. The quantitative estimate of drug-likeness (QED) is 0.367. The van der Waals surface area contributed by atoms with Crippen LogP contribution in [0.4, 0.5) is 0 Å². The van der Waals surface area contributed by atoms with Gasteiger partial charge in [0.1, 0.15) is 18.3 Å². The van der Waals surface area contributed by atoms with Crippen molar-refractivity contribution >= 4 is 12.4 Å². The Hall–Kier alpha value is 0.01000. The van der Waals surface area contributed by atoms with Crippen LogP contribution < -0.4 is 11.5 Å². The fourth-order valence-electron chi connectivity index (χ4n) is 1.44. The van der Waals surface area contributed by atoms with Crippen LogP contribution in [0.2, 0.25) is 0 Å². The van der Waals surface area contributed by atoms with Crippen molar-refractivity contribution in [2.75, 3.05) is 19.8 Å². The molecule has 0 saturated carbocycles. The molecule has 0 spiro atoms. The molecule has 5 atom stereocenters. The van der Waals surface area contributed by atoms with Gasteiger partial charge in [0.2, 0.25) is 0 Å². The van der Waals surface area contributed by atoms with Gasteiger partial charge in [0.25, 0.3) is 0 Å². The topological polar surface area (TPSA) is 131 Å². The Bertz CT molecular complexity index is 197. The molecule has 0 aromatic rings. The van der Waals surface area contributed by atoms with Crippen LogP contribution in [0.25, 0.3) is 0 Å². The van der Waals surface area contributed by atoms with E-state index in [4.69, 9.17) is 26.0 Å². The lowest BCUT2D eigenvalue weighted by molar-refractivity contribution is -0.264. The van der Waals surface area contributed by atoms with E-state index in [-0.39, 0.29) is 19.0 Å². The Morgan fingerprint density at radius 3 is 2.38 bits per heavy atom. The van der Waals surface area contributed by atoms with Crippen LogP contribution in [0, 0.1) is 0 Å². The van der Waals surface area contributed by atoms with Gasteiger partial charge in [0.15, 0.2) is 6.29 Å². The van der Waals surface area contributed by atoms with Gasteiger partial charge in [-0.1, -0.05) is 0 Å². The highest BCUT2D eigenvalue weighted by Crippen LogP contribution is 2.20. The number of ether oxygens (including phenoxy) is 2. The largest absolute Gasteiger partial charge is 0.394 e. The predicted molar refractivity (Wildman–Crippen MR) is 58.0 cm³/mol. The Kier molecular flexibility index (Phi) is 7.36. The normalized spacial score (nSPS) is 39.2. The molecule has 1 saturated heterocycles. The molecule has 16 heavy (non-hydrogen) atoms. The summed E-state index contributed by atoms with van der Waals surface area (Å²) in [4.78, 5) is 0. The van der Waals surface area contributed by atoms with Gasteiger partial charge in [-0.15, -0.1) is 12.4 Å². The number of nitrogens with two attached hydrogens (primary N) is 2. The van der Waals surface area contributed by atoms with Crippen LogP contribution in [0.5, 0.6) is 0 Å². The van der Waals surface area contributed by atoms with E-state index in [1.807, 2.05) is 0 Å². The monoisotopic (exact) mass is 258 g/mol. The number of hydrogen-bond acceptors (Lipinski definition) is 7. The second kappa shape index (κ2) is 7.36. The van der Waals surface area contributed by atoms with E-state index in [0.29, 0.717) is 6.54 Å². The molecule has 7 nitrogen and oxygen atoms in total. The maximum absolute atomic E-state index is 9.54. The summed E-state index contributed by atoms with van der Waals surface area (Å²) in [5.74, 6) is 0. The minimum Gasteiger partial charge on any atom is -0.394 e. The van der Waals surface area contributed by atoms with E-state index in [9.17, 15) is 10.2 Å². The van der Waals surface area contributed by atoms with Crippen LogP contribution in [0.1, 0.15) is 0 Å². The number of hydrogen-bond donors (Lipinski definition) is 5. The molecule has 0 amide bonds. The summed E-state index contributed by atoms with van der Waals surface area (Å²) in [6, 6.07) is -0.852. The molecule has 8 heteroatoms. The van der Waals surface area contributed by atoms with Crippen molar-refractivity contribution in [3.05, 3.63) is 0 Å². The molecule has 1 fully saturated rings. The van der Waals surface area contributed by atoms with Crippen molar-refractivity contribution < 1.29 is 24.8 Å². The summed E-state index contributed by atoms with van der Waals surface area (Å²) in [5.41, 5.74) is 10.8. The van der Waals surface area contributed by atoms with E-state index in [2.05, 4.69) is 0 Å². The molecule has 98 valence electrons. The van der Waals surface area contributed by atoms with Gasteiger partial charge < -0.3 is 36.3 Å². The maximum atomic E-state index is 9.54. The number of aliphatic hydroxyl groups excluding tert-OH is 3. The third-order valence-electron chi connectivity index (χ3n) is 2.33. The second-order valence-electron chi connectivity index (χ2n) is 3.44. The zero-order chi connectivity index (χ0) is 11.4. The minimum absolute atomic E-state index is 0. The van der Waals surface area contributed by atoms with Gasteiger partial charge in [-0.3, -0.25) is 0 Å². The smallest absolute Gasteiger partial charge is 0.175 e. The zero-order valence-corrected chi connectivity index (χ0v) is 9.55. The lowest BCUT2D eigenvalue weighted by Crippen LogP contribution is -2.62.